The summed E-state index contributed by atoms with van der Waals surface area (Å²) in [7, 11) is 0. The van der Waals surface area contributed by atoms with Gasteiger partial charge in [-0.25, -0.2) is 10.8 Å². The molecule has 0 radical (unpaired) electrons. The lowest BCUT2D eigenvalue weighted by atomic mass is 9.91. The molecule has 27 heavy (non-hydrogen) atoms. The average Bonchev–Trinajstić information content (AvgIpc) is 2.62. The van der Waals surface area contributed by atoms with Crippen LogP contribution >= 0.6 is 0 Å². The SMILES string of the molecule is CC(C)c1ccccc1C(C)C.CC(C)c1ccccc1C(C)C.N=C=N. The van der Waals surface area contributed by atoms with Gasteiger partial charge in [0.15, 0.2) is 0 Å². The molecule has 0 aliphatic carbocycles. The van der Waals surface area contributed by atoms with E-state index in [4.69, 9.17) is 10.8 Å². The number of benzene rings is 2. The van der Waals surface area contributed by atoms with Crippen LogP contribution in [0.1, 0.15) is 101 Å². The first kappa shape index (κ1) is 24.8. The van der Waals surface area contributed by atoms with Crippen LogP contribution in [-0.4, -0.2) is 6.01 Å². The number of nitrogens with one attached hydrogen (secondary N) is 2. The van der Waals surface area contributed by atoms with Gasteiger partial charge in [0.25, 0.3) is 0 Å². The molecule has 148 valence electrons. The summed E-state index contributed by atoms with van der Waals surface area (Å²) in [5, 5.41) is 11.2. The molecule has 0 aromatic heterocycles. The zero-order chi connectivity index (χ0) is 21.0. The van der Waals surface area contributed by atoms with Crippen LogP contribution in [0.5, 0.6) is 0 Å². The Morgan fingerprint density at radius 3 is 0.741 bits per heavy atom. The molecule has 0 saturated carbocycles. The van der Waals surface area contributed by atoms with Gasteiger partial charge < -0.3 is 0 Å². The van der Waals surface area contributed by atoms with Crippen molar-refractivity contribution in [3.8, 4) is 0 Å². The first-order chi connectivity index (χ1) is 12.7. The minimum absolute atomic E-state index is 0.642. The van der Waals surface area contributed by atoms with Crippen LogP contribution in [0.25, 0.3) is 0 Å². The van der Waals surface area contributed by atoms with Crippen molar-refractivity contribution in [1.29, 1.82) is 10.8 Å². The number of rotatable bonds is 4. The highest BCUT2D eigenvalue weighted by Crippen LogP contribution is 2.26. The first-order valence-corrected chi connectivity index (χ1v) is 9.93. The van der Waals surface area contributed by atoms with Crippen LogP contribution in [0.3, 0.4) is 0 Å². The second kappa shape index (κ2) is 13.1. The molecule has 0 fully saturated rings. The molecular weight excluding hydrogens is 328 g/mol. The highest BCUT2D eigenvalue weighted by atomic mass is 14.4. The van der Waals surface area contributed by atoms with Crippen molar-refractivity contribution in [3.63, 3.8) is 0 Å². The summed E-state index contributed by atoms with van der Waals surface area (Å²) in [4.78, 5) is 0. The van der Waals surface area contributed by atoms with Crippen LogP contribution in [0.15, 0.2) is 48.5 Å². The number of hydrogen-bond donors (Lipinski definition) is 2. The summed E-state index contributed by atoms with van der Waals surface area (Å²) in [6.07, 6.45) is 0. The first-order valence-electron chi connectivity index (χ1n) is 9.93. The van der Waals surface area contributed by atoms with E-state index in [1.165, 1.54) is 28.3 Å². The van der Waals surface area contributed by atoms with Crippen LogP contribution in [0, 0.1) is 10.8 Å². The van der Waals surface area contributed by atoms with E-state index in [0.29, 0.717) is 23.7 Å². The molecule has 0 aliphatic heterocycles. The highest BCUT2D eigenvalue weighted by Gasteiger charge is 2.08. The Bertz CT molecular complexity index is 581. The molecule has 0 bridgehead atoms. The van der Waals surface area contributed by atoms with Crippen molar-refractivity contribution in [2.24, 2.45) is 0 Å². The molecule has 2 aromatic rings. The predicted octanol–water partition coefficient (Wildman–Crippen LogP) is 8.18. The smallest absolute Gasteiger partial charge is 0.0831 e. The molecule has 2 heteroatoms. The molecule has 0 spiro atoms. The van der Waals surface area contributed by atoms with Crippen molar-refractivity contribution in [1.82, 2.24) is 0 Å². The third kappa shape index (κ3) is 8.84. The van der Waals surface area contributed by atoms with Gasteiger partial charge in [-0.05, 0) is 45.9 Å². The van der Waals surface area contributed by atoms with Crippen LogP contribution in [0.4, 0.5) is 0 Å². The van der Waals surface area contributed by atoms with E-state index < -0.39 is 0 Å². The van der Waals surface area contributed by atoms with Gasteiger partial charge in [-0.3, -0.25) is 0 Å². The van der Waals surface area contributed by atoms with Gasteiger partial charge in [-0.2, -0.15) is 0 Å². The fourth-order valence-electron chi connectivity index (χ4n) is 3.12. The van der Waals surface area contributed by atoms with Crippen molar-refractivity contribution < 1.29 is 0 Å². The van der Waals surface area contributed by atoms with E-state index in [2.05, 4.69) is 104 Å². The maximum Gasteiger partial charge on any atom is 0.0831 e. The maximum absolute atomic E-state index is 5.62. The van der Waals surface area contributed by atoms with Crippen LogP contribution < -0.4 is 0 Å². The Morgan fingerprint density at radius 1 is 0.481 bits per heavy atom. The van der Waals surface area contributed by atoms with E-state index in [-0.39, 0.29) is 0 Å². The second-order valence-corrected chi connectivity index (χ2v) is 8.00. The lowest BCUT2D eigenvalue weighted by Gasteiger charge is -2.14. The molecule has 0 amide bonds. The maximum atomic E-state index is 5.62. The molecule has 2 N–H and O–H groups in total. The second-order valence-electron chi connectivity index (χ2n) is 8.00. The molecule has 0 aliphatic rings. The zero-order valence-electron chi connectivity index (χ0n) is 18.4. The number of hydrogen-bond acceptors (Lipinski definition) is 2. The molecule has 2 nitrogen and oxygen atoms in total. The van der Waals surface area contributed by atoms with Gasteiger partial charge in [0.05, 0.1) is 6.01 Å². The van der Waals surface area contributed by atoms with E-state index in [9.17, 15) is 0 Å². The minimum Gasteiger partial charge on any atom is -0.242 e. The summed E-state index contributed by atoms with van der Waals surface area (Å²) in [5.74, 6) is 2.57. The van der Waals surface area contributed by atoms with Crippen LogP contribution in [0.2, 0.25) is 0 Å². The summed E-state index contributed by atoms with van der Waals surface area (Å²) in [6.45, 7) is 18.0. The van der Waals surface area contributed by atoms with Crippen molar-refractivity contribution in [3.05, 3.63) is 70.8 Å². The van der Waals surface area contributed by atoms with Crippen LogP contribution in [-0.2, 0) is 0 Å². The Labute approximate surface area is 167 Å². The van der Waals surface area contributed by atoms with Gasteiger partial charge in [-0.15, -0.1) is 0 Å². The fourth-order valence-corrected chi connectivity index (χ4v) is 3.12. The van der Waals surface area contributed by atoms with Gasteiger partial charge in [0, 0.05) is 0 Å². The predicted molar refractivity (Wildman–Crippen MR) is 120 cm³/mol. The molecule has 0 heterocycles. The highest BCUT2D eigenvalue weighted by molar-refractivity contribution is 5.32. The summed E-state index contributed by atoms with van der Waals surface area (Å²) >= 11 is 0. The molecule has 0 unspecified atom stereocenters. The van der Waals surface area contributed by atoms with Gasteiger partial charge >= 0.3 is 0 Å². The third-order valence-electron chi connectivity index (χ3n) is 4.48. The molecule has 2 rings (SSSR count). The van der Waals surface area contributed by atoms with E-state index in [1.54, 1.807) is 0 Å². The van der Waals surface area contributed by atoms with Gasteiger partial charge in [0.1, 0.15) is 0 Å². The average molecular weight is 367 g/mol. The quantitative estimate of drug-likeness (QED) is 0.512. The normalized spacial score (nSPS) is 10.2. The topological polar surface area (TPSA) is 47.7 Å². The van der Waals surface area contributed by atoms with Gasteiger partial charge in [0.2, 0.25) is 0 Å². The monoisotopic (exact) mass is 366 g/mol. The van der Waals surface area contributed by atoms with Gasteiger partial charge in [-0.1, -0.05) is 104 Å². The minimum atomic E-state index is 0.642. The van der Waals surface area contributed by atoms with E-state index in [0.717, 1.165) is 0 Å². The van der Waals surface area contributed by atoms with E-state index >= 15 is 0 Å². The summed E-state index contributed by atoms with van der Waals surface area (Å²) < 4.78 is 0. The molecular formula is C25H38N2. The van der Waals surface area contributed by atoms with Crippen molar-refractivity contribution in [2.45, 2.75) is 79.1 Å². The largest absolute Gasteiger partial charge is 0.242 e. The standard InChI is InChI=1S/2C12H18.CH2N2/c2*1-9(2)11-7-5-6-8-12(11)10(3)4;2-1-3/h2*5-10H,1-4H3;2-3H. The Hall–Kier alpha value is -2.18. The summed E-state index contributed by atoms with van der Waals surface area (Å²) in [5.41, 5.74) is 5.97. The molecule has 2 aromatic carbocycles. The Balaban J connectivity index is 0.000000438. The lowest BCUT2D eigenvalue weighted by molar-refractivity contribution is 0.790. The Morgan fingerprint density at radius 2 is 0.630 bits per heavy atom. The molecule has 0 atom stereocenters. The third-order valence-corrected chi connectivity index (χ3v) is 4.48. The fraction of sp³-hybridized carbons (Fsp3) is 0.480. The van der Waals surface area contributed by atoms with E-state index in [1.807, 2.05) is 0 Å². The van der Waals surface area contributed by atoms with Crippen molar-refractivity contribution >= 4 is 6.01 Å². The molecule has 0 saturated heterocycles. The summed E-state index contributed by atoms with van der Waals surface area (Å²) in [6, 6.07) is 18.7. The lowest BCUT2D eigenvalue weighted by Crippen LogP contribution is -1.97. The Kier molecular flexibility index (Phi) is 12.0. The zero-order valence-corrected chi connectivity index (χ0v) is 18.4. The van der Waals surface area contributed by atoms with Crippen molar-refractivity contribution in [2.75, 3.05) is 0 Å².